The summed E-state index contributed by atoms with van der Waals surface area (Å²) >= 11 is 1.64. The van der Waals surface area contributed by atoms with Gasteiger partial charge in [0.05, 0.1) is 5.75 Å². The van der Waals surface area contributed by atoms with Crippen LogP contribution in [0.3, 0.4) is 0 Å². The van der Waals surface area contributed by atoms with E-state index in [2.05, 4.69) is 0 Å². The second kappa shape index (κ2) is 5.93. The molecule has 0 spiro atoms. The van der Waals surface area contributed by atoms with Crippen molar-refractivity contribution in [2.45, 2.75) is 12.2 Å². The Morgan fingerprint density at radius 2 is 2.17 bits per heavy atom. The SMILES string of the molecule is NCCCSCc1oc2ccccc2c1C(=O)O. The fraction of sp³-hybridized carbons (Fsp3) is 0.308. The predicted octanol–water partition coefficient (Wildman–Crippen LogP) is 2.71. The second-order valence-electron chi connectivity index (χ2n) is 3.90. The van der Waals surface area contributed by atoms with Crippen molar-refractivity contribution in [1.82, 2.24) is 0 Å². The summed E-state index contributed by atoms with van der Waals surface area (Å²) in [5, 5.41) is 9.93. The molecule has 2 aromatic rings. The quantitative estimate of drug-likeness (QED) is 0.785. The van der Waals surface area contributed by atoms with Gasteiger partial charge in [-0.05, 0) is 24.8 Å². The maximum atomic E-state index is 11.3. The van der Waals surface area contributed by atoms with Crippen molar-refractivity contribution in [2.75, 3.05) is 12.3 Å². The van der Waals surface area contributed by atoms with Gasteiger partial charge in [-0.3, -0.25) is 0 Å². The lowest BCUT2D eigenvalue weighted by Gasteiger charge is -1.99. The molecule has 0 radical (unpaired) electrons. The first-order chi connectivity index (χ1) is 8.74. The summed E-state index contributed by atoms with van der Waals surface area (Å²) in [4.78, 5) is 11.3. The molecule has 1 aromatic carbocycles. The number of carboxylic acid groups (broad SMARTS) is 1. The molecule has 96 valence electrons. The molecule has 0 saturated carbocycles. The third-order valence-corrected chi connectivity index (χ3v) is 3.65. The number of hydrogen-bond donors (Lipinski definition) is 2. The van der Waals surface area contributed by atoms with Gasteiger partial charge in [-0.15, -0.1) is 0 Å². The minimum absolute atomic E-state index is 0.283. The highest BCUT2D eigenvalue weighted by molar-refractivity contribution is 7.98. The number of aromatic carboxylic acids is 1. The zero-order valence-electron chi connectivity index (χ0n) is 9.89. The normalized spacial score (nSPS) is 10.9. The minimum Gasteiger partial charge on any atom is -0.478 e. The van der Waals surface area contributed by atoms with E-state index in [4.69, 9.17) is 10.2 Å². The van der Waals surface area contributed by atoms with E-state index in [1.165, 1.54) is 0 Å². The number of nitrogens with two attached hydrogens (primary N) is 1. The van der Waals surface area contributed by atoms with Gasteiger partial charge in [0.1, 0.15) is 16.9 Å². The maximum absolute atomic E-state index is 11.3. The van der Waals surface area contributed by atoms with Crippen molar-refractivity contribution in [1.29, 1.82) is 0 Å². The molecule has 0 unspecified atom stereocenters. The number of hydrogen-bond acceptors (Lipinski definition) is 4. The van der Waals surface area contributed by atoms with Crippen LogP contribution < -0.4 is 5.73 Å². The summed E-state index contributed by atoms with van der Waals surface area (Å²) in [6.07, 6.45) is 0.924. The van der Waals surface area contributed by atoms with Gasteiger partial charge in [-0.25, -0.2) is 4.79 Å². The monoisotopic (exact) mass is 265 g/mol. The molecule has 1 aromatic heterocycles. The molecular weight excluding hydrogens is 250 g/mol. The van der Waals surface area contributed by atoms with Crippen LogP contribution in [0.5, 0.6) is 0 Å². The lowest BCUT2D eigenvalue weighted by molar-refractivity contribution is 0.0697. The molecule has 0 fully saturated rings. The molecule has 0 amide bonds. The minimum atomic E-state index is -0.936. The van der Waals surface area contributed by atoms with Crippen molar-refractivity contribution in [3.8, 4) is 0 Å². The van der Waals surface area contributed by atoms with Gasteiger partial charge in [0.25, 0.3) is 0 Å². The van der Waals surface area contributed by atoms with Crippen LogP contribution in [-0.2, 0) is 5.75 Å². The molecule has 0 atom stereocenters. The van der Waals surface area contributed by atoms with Crippen LogP contribution in [0, 0.1) is 0 Å². The Kier molecular flexibility index (Phi) is 4.28. The van der Waals surface area contributed by atoms with Crippen molar-refractivity contribution in [3.05, 3.63) is 35.6 Å². The van der Waals surface area contributed by atoms with Crippen LogP contribution >= 0.6 is 11.8 Å². The number of fused-ring (bicyclic) bond motifs is 1. The molecule has 5 heteroatoms. The molecular formula is C13H15NO3S. The topological polar surface area (TPSA) is 76.5 Å². The third-order valence-electron chi connectivity index (χ3n) is 2.61. The van der Waals surface area contributed by atoms with E-state index in [0.717, 1.165) is 12.2 Å². The Morgan fingerprint density at radius 1 is 1.39 bits per heavy atom. The van der Waals surface area contributed by atoms with Gasteiger partial charge in [0.2, 0.25) is 0 Å². The number of para-hydroxylation sites is 1. The number of carbonyl (C=O) groups is 1. The van der Waals surface area contributed by atoms with Crippen LogP contribution in [-0.4, -0.2) is 23.4 Å². The maximum Gasteiger partial charge on any atom is 0.339 e. The molecule has 3 N–H and O–H groups in total. The molecule has 1 heterocycles. The standard InChI is InChI=1S/C13H15NO3S/c14-6-3-7-18-8-11-12(13(15)16)9-4-1-2-5-10(9)17-11/h1-2,4-5H,3,6-8,14H2,(H,15,16). The average molecular weight is 265 g/mol. The van der Waals surface area contributed by atoms with Crippen molar-refractivity contribution in [3.63, 3.8) is 0 Å². The smallest absolute Gasteiger partial charge is 0.339 e. The molecule has 0 aliphatic carbocycles. The predicted molar refractivity (Wildman–Crippen MR) is 73.0 cm³/mol. The Morgan fingerprint density at radius 3 is 2.89 bits per heavy atom. The van der Waals surface area contributed by atoms with Crippen LogP contribution in [0.2, 0.25) is 0 Å². The summed E-state index contributed by atoms with van der Waals surface area (Å²) in [6, 6.07) is 7.21. The summed E-state index contributed by atoms with van der Waals surface area (Å²) in [5.74, 6) is 1.07. The Bertz CT molecular complexity index is 550. The molecule has 0 saturated heterocycles. The van der Waals surface area contributed by atoms with Gasteiger partial charge in [-0.1, -0.05) is 18.2 Å². The van der Waals surface area contributed by atoms with Crippen LogP contribution in [0.25, 0.3) is 11.0 Å². The lowest BCUT2D eigenvalue weighted by Crippen LogP contribution is -2.01. The highest BCUT2D eigenvalue weighted by Crippen LogP contribution is 2.28. The molecule has 0 aliphatic heterocycles. The molecule has 2 rings (SSSR count). The second-order valence-corrected chi connectivity index (χ2v) is 5.00. The number of rotatable bonds is 6. The van der Waals surface area contributed by atoms with E-state index in [0.29, 0.717) is 29.0 Å². The summed E-state index contributed by atoms with van der Waals surface area (Å²) in [7, 11) is 0. The van der Waals surface area contributed by atoms with Crippen LogP contribution in [0.1, 0.15) is 22.5 Å². The van der Waals surface area contributed by atoms with Gasteiger partial charge in [-0.2, -0.15) is 11.8 Å². The molecule has 4 nitrogen and oxygen atoms in total. The van der Waals surface area contributed by atoms with E-state index in [1.54, 1.807) is 23.9 Å². The fourth-order valence-electron chi connectivity index (χ4n) is 1.78. The Hall–Kier alpha value is -1.46. The van der Waals surface area contributed by atoms with Crippen molar-refractivity contribution < 1.29 is 14.3 Å². The summed E-state index contributed by atoms with van der Waals surface area (Å²) < 4.78 is 5.61. The van der Waals surface area contributed by atoms with Gasteiger partial charge < -0.3 is 15.3 Å². The first-order valence-electron chi connectivity index (χ1n) is 5.75. The van der Waals surface area contributed by atoms with E-state index in [-0.39, 0.29) is 5.56 Å². The molecule has 0 bridgehead atoms. The van der Waals surface area contributed by atoms with E-state index in [9.17, 15) is 9.90 Å². The van der Waals surface area contributed by atoms with Gasteiger partial charge in [0.15, 0.2) is 0 Å². The van der Waals surface area contributed by atoms with E-state index in [1.807, 2.05) is 12.1 Å². The highest BCUT2D eigenvalue weighted by Gasteiger charge is 2.19. The van der Waals surface area contributed by atoms with Crippen molar-refractivity contribution >= 4 is 28.7 Å². The third kappa shape index (κ3) is 2.68. The number of benzene rings is 1. The highest BCUT2D eigenvalue weighted by atomic mass is 32.2. The summed E-state index contributed by atoms with van der Waals surface area (Å²) in [6.45, 7) is 0.652. The first kappa shape index (κ1) is 13.0. The zero-order chi connectivity index (χ0) is 13.0. The van der Waals surface area contributed by atoms with Crippen LogP contribution in [0.4, 0.5) is 0 Å². The first-order valence-corrected chi connectivity index (χ1v) is 6.91. The average Bonchev–Trinajstić information content (AvgIpc) is 2.73. The van der Waals surface area contributed by atoms with E-state index < -0.39 is 5.97 Å². The largest absolute Gasteiger partial charge is 0.478 e. The van der Waals surface area contributed by atoms with Crippen molar-refractivity contribution in [2.24, 2.45) is 5.73 Å². The zero-order valence-corrected chi connectivity index (χ0v) is 10.7. The fourth-order valence-corrected chi connectivity index (χ4v) is 2.69. The van der Waals surface area contributed by atoms with E-state index >= 15 is 0 Å². The number of carboxylic acids is 1. The molecule has 0 aliphatic rings. The number of furan rings is 1. The van der Waals surface area contributed by atoms with Crippen LogP contribution in [0.15, 0.2) is 28.7 Å². The van der Waals surface area contributed by atoms with Gasteiger partial charge in [0, 0.05) is 5.39 Å². The van der Waals surface area contributed by atoms with Gasteiger partial charge >= 0.3 is 5.97 Å². The summed E-state index contributed by atoms with van der Waals surface area (Å²) in [5.41, 5.74) is 6.33. The molecule has 18 heavy (non-hydrogen) atoms. The lowest BCUT2D eigenvalue weighted by atomic mass is 10.1. The number of thioether (sulfide) groups is 1. The Labute approximate surface area is 109 Å². The Balaban J connectivity index is 2.25.